The lowest BCUT2D eigenvalue weighted by Gasteiger charge is -2.27. The van der Waals surface area contributed by atoms with E-state index in [1.165, 1.54) is 15.4 Å². The van der Waals surface area contributed by atoms with E-state index in [-0.39, 0.29) is 0 Å². The molecule has 20 heavy (non-hydrogen) atoms. The van der Waals surface area contributed by atoms with E-state index in [2.05, 4.69) is 64.8 Å². The molecule has 0 amide bonds. The Morgan fingerprint density at radius 3 is 2.40 bits per heavy atom. The van der Waals surface area contributed by atoms with Crippen molar-refractivity contribution in [2.24, 2.45) is 0 Å². The fourth-order valence-electron chi connectivity index (χ4n) is 2.46. The van der Waals surface area contributed by atoms with Crippen LogP contribution in [0.4, 0.5) is 0 Å². The van der Waals surface area contributed by atoms with Crippen molar-refractivity contribution in [2.45, 2.75) is 16.3 Å². The van der Waals surface area contributed by atoms with Gasteiger partial charge in [0.1, 0.15) is 0 Å². The zero-order valence-electron chi connectivity index (χ0n) is 11.6. The van der Waals surface area contributed by atoms with Crippen LogP contribution in [0.15, 0.2) is 64.4 Å². The summed E-state index contributed by atoms with van der Waals surface area (Å²) in [6, 6.07) is 19.4. The van der Waals surface area contributed by atoms with Crippen molar-refractivity contribution in [3.63, 3.8) is 0 Å². The number of hydrogen-bond acceptors (Lipinski definition) is 3. The summed E-state index contributed by atoms with van der Waals surface area (Å²) in [5.41, 5.74) is 1.43. The van der Waals surface area contributed by atoms with Gasteiger partial charge in [-0.15, -0.1) is 0 Å². The molecule has 2 nitrogen and oxygen atoms in total. The predicted octanol–water partition coefficient (Wildman–Crippen LogP) is 3.24. The van der Waals surface area contributed by atoms with Crippen LogP contribution in [0.1, 0.15) is 5.56 Å². The molecule has 2 aromatic carbocycles. The van der Waals surface area contributed by atoms with Gasteiger partial charge in [-0.3, -0.25) is 4.90 Å². The van der Waals surface area contributed by atoms with E-state index in [9.17, 15) is 0 Å². The van der Waals surface area contributed by atoms with Crippen LogP contribution in [0.3, 0.4) is 0 Å². The molecule has 0 aliphatic carbocycles. The van der Waals surface area contributed by atoms with E-state index in [1.807, 2.05) is 11.8 Å². The maximum atomic E-state index is 3.41. The zero-order valence-corrected chi connectivity index (χ0v) is 12.4. The molecule has 1 aliphatic heterocycles. The molecule has 1 saturated heterocycles. The third-order valence-electron chi connectivity index (χ3n) is 3.55. The molecule has 3 heteroatoms. The number of nitrogens with zero attached hydrogens (tertiary/aromatic N) is 1. The Bertz CT molecular complexity index is 536. The molecule has 3 rings (SSSR count). The Labute approximate surface area is 125 Å². The molecule has 0 bridgehead atoms. The van der Waals surface area contributed by atoms with Crippen molar-refractivity contribution in [2.75, 3.05) is 26.2 Å². The SMILES string of the molecule is c1ccc(Sc2ccccc2CN2CCNCC2)cc1. The van der Waals surface area contributed by atoms with E-state index >= 15 is 0 Å². The average molecular weight is 284 g/mol. The molecule has 1 fully saturated rings. The van der Waals surface area contributed by atoms with Crippen LogP contribution in [0.2, 0.25) is 0 Å². The van der Waals surface area contributed by atoms with E-state index in [0.717, 1.165) is 32.7 Å². The molecule has 0 radical (unpaired) electrons. The Morgan fingerprint density at radius 2 is 1.60 bits per heavy atom. The molecular formula is C17H20N2S. The summed E-state index contributed by atoms with van der Waals surface area (Å²) in [7, 11) is 0. The fourth-order valence-corrected chi connectivity index (χ4v) is 3.42. The standard InChI is InChI=1S/C17H20N2S/c1-2-7-16(8-3-1)20-17-9-5-4-6-15(17)14-19-12-10-18-11-13-19/h1-9,18H,10-14H2. The topological polar surface area (TPSA) is 15.3 Å². The summed E-state index contributed by atoms with van der Waals surface area (Å²) >= 11 is 1.86. The van der Waals surface area contributed by atoms with E-state index in [4.69, 9.17) is 0 Å². The van der Waals surface area contributed by atoms with Crippen LogP contribution in [0, 0.1) is 0 Å². The molecule has 1 aliphatic rings. The van der Waals surface area contributed by atoms with Gasteiger partial charge in [-0.1, -0.05) is 48.2 Å². The molecule has 2 aromatic rings. The third-order valence-corrected chi connectivity index (χ3v) is 4.67. The zero-order chi connectivity index (χ0) is 13.6. The van der Waals surface area contributed by atoms with Crippen LogP contribution in [0.25, 0.3) is 0 Å². The van der Waals surface area contributed by atoms with Gasteiger partial charge in [0, 0.05) is 42.5 Å². The van der Waals surface area contributed by atoms with Gasteiger partial charge >= 0.3 is 0 Å². The van der Waals surface area contributed by atoms with Gasteiger partial charge in [-0.05, 0) is 23.8 Å². The first-order chi connectivity index (χ1) is 9.92. The van der Waals surface area contributed by atoms with Gasteiger partial charge < -0.3 is 5.32 Å². The maximum Gasteiger partial charge on any atom is 0.0246 e. The lowest BCUT2D eigenvalue weighted by Crippen LogP contribution is -2.42. The van der Waals surface area contributed by atoms with E-state index in [1.54, 1.807) is 0 Å². The summed E-state index contributed by atoms with van der Waals surface area (Å²) in [5, 5.41) is 3.41. The van der Waals surface area contributed by atoms with Gasteiger partial charge in [-0.2, -0.15) is 0 Å². The third kappa shape index (κ3) is 3.63. The largest absolute Gasteiger partial charge is 0.314 e. The number of rotatable bonds is 4. The Morgan fingerprint density at radius 1 is 0.900 bits per heavy atom. The number of piperazine rings is 1. The van der Waals surface area contributed by atoms with Crippen molar-refractivity contribution >= 4 is 11.8 Å². The minimum Gasteiger partial charge on any atom is -0.314 e. The molecule has 0 spiro atoms. The predicted molar refractivity (Wildman–Crippen MR) is 85.2 cm³/mol. The summed E-state index contributed by atoms with van der Waals surface area (Å²) < 4.78 is 0. The number of benzene rings is 2. The average Bonchev–Trinajstić information content (AvgIpc) is 2.51. The van der Waals surface area contributed by atoms with Crippen LogP contribution in [0.5, 0.6) is 0 Å². The first kappa shape index (κ1) is 13.7. The van der Waals surface area contributed by atoms with Crippen molar-refractivity contribution in [1.82, 2.24) is 10.2 Å². The fraction of sp³-hybridized carbons (Fsp3) is 0.294. The normalized spacial score (nSPS) is 16.2. The minimum absolute atomic E-state index is 1.05. The molecule has 0 unspecified atom stereocenters. The molecule has 0 saturated carbocycles. The van der Waals surface area contributed by atoms with Gasteiger partial charge in [0.05, 0.1) is 0 Å². The molecular weight excluding hydrogens is 264 g/mol. The van der Waals surface area contributed by atoms with Crippen molar-refractivity contribution in [3.8, 4) is 0 Å². The van der Waals surface area contributed by atoms with Crippen LogP contribution in [-0.4, -0.2) is 31.1 Å². The Hall–Kier alpha value is -1.29. The van der Waals surface area contributed by atoms with Crippen LogP contribution in [-0.2, 0) is 6.54 Å². The van der Waals surface area contributed by atoms with Gasteiger partial charge in [0.2, 0.25) is 0 Å². The summed E-state index contributed by atoms with van der Waals surface area (Å²) in [5.74, 6) is 0. The Kier molecular flexibility index (Phi) is 4.74. The monoisotopic (exact) mass is 284 g/mol. The molecule has 1 N–H and O–H groups in total. The van der Waals surface area contributed by atoms with Crippen molar-refractivity contribution in [3.05, 3.63) is 60.2 Å². The second-order valence-corrected chi connectivity index (χ2v) is 6.16. The molecule has 0 aromatic heterocycles. The summed E-state index contributed by atoms with van der Waals surface area (Å²) in [4.78, 5) is 5.21. The molecule has 0 atom stereocenters. The number of hydrogen-bond donors (Lipinski definition) is 1. The van der Waals surface area contributed by atoms with Gasteiger partial charge in [0.25, 0.3) is 0 Å². The quantitative estimate of drug-likeness (QED) is 0.928. The second kappa shape index (κ2) is 6.93. The lowest BCUT2D eigenvalue weighted by atomic mass is 10.2. The van der Waals surface area contributed by atoms with Gasteiger partial charge in [-0.25, -0.2) is 0 Å². The van der Waals surface area contributed by atoms with Crippen LogP contribution >= 0.6 is 11.8 Å². The lowest BCUT2D eigenvalue weighted by molar-refractivity contribution is 0.232. The highest BCUT2D eigenvalue weighted by Gasteiger charge is 2.12. The Balaban J connectivity index is 1.74. The summed E-state index contributed by atoms with van der Waals surface area (Å²) in [6.07, 6.45) is 0. The second-order valence-electron chi connectivity index (χ2n) is 5.05. The van der Waals surface area contributed by atoms with Gasteiger partial charge in [0.15, 0.2) is 0 Å². The number of nitrogens with one attached hydrogen (secondary N) is 1. The highest BCUT2D eigenvalue weighted by atomic mass is 32.2. The molecule has 1 heterocycles. The smallest absolute Gasteiger partial charge is 0.0246 e. The first-order valence-corrected chi connectivity index (χ1v) is 7.97. The maximum absolute atomic E-state index is 3.41. The highest BCUT2D eigenvalue weighted by molar-refractivity contribution is 7.99. The van der Waals surface area contributed by atoms with Crippen LogP contribution < -0.4 is 5.32 Å². The van der Waals surface area contributed by atoms with E-state index in [0.29, 0.717) is 0 Å². The minimum atomic E-state index is 1.05. The first-order valence-electron chi connectivity index (χ1n) is 7.16. The summed E-state index contributed by atoms with van der Waals surface area (Å²) in [6.45, 7) is 5.55. The molecule has 104 valence electrons. The highest BCUT2D eigenvalue weighted by Crippen LogP contribution is 2.30. The van der Waals surface area contributed by atoms with Crippen molar-refractivity contribution < 1.29 is 0 Å². The van der Waals surface area contributed by atoms with Crippen molar-refractivity contribution in [1.29, 1.82) is 0 Å². The van der Waals surface area contributed by atoms with E-state index < -0.39 is 0 Å².